The highest BCUT2D eigenvalue weighted by Crippen LogP contribution is 2.24. The zero-order chi connectivity index (χ0) is 15.5. The molecule has 0 bridgehead atoms. The third-order valence-electron chi connectivity index (χ3n) is 2.61. The summed E-state index contributed by atoms with van der Waals surface area (Å²) in [6.45, 7) is 2.64. The molecule has 0 atom stereocenters. The van der Waals surface area contributed by atoms with Gasteiger partial charge in [0.25, 0.3) is 0 Å². The van der Waals surface area contributed by atoms with E-state index in [1.54, 1.807) is 0 Å². The summed E-state index contributed by atoms with van der Waals surface area (Å²) in [6.07, 6.45) is -0.451. The van der Waals surface area contributed by atoms with Crippen molar-refractivity contribution >= 4 is 16.0 Å². The van der Waals surface area contributed by atoms with E-state index in [0.717, 1.165) is 22.5 Å². The SMILES string of the molecule is CC(C)N(CCC(=O)O)S(=O)(=O)c1c(F)cccc1F. The van der Waals surface area contributed by atoms with E-state index in [2.05, 4.69) is 0 Å². The average molecular weight is 307 g/mol. The van der Waals surface area contributed by atoms with E-state index in [9.17, 15) is 22.0 Å². The Kier molecular flexibility index (Phi) is 5.18. The van der Waals surface area contributed by atoms with Gasteiger partial charge >= 0.3 is 5.97 Å². The molecule has 0 saturated carbocycles. The lowest BCUT2D eigenvalue weighted by Gasteiger charge is -2.25. The summed E-state index contributed by atoms with van der Waals surface area (Å²) in [5.41, 5.74) is 0. The summed E-state index contributed by atoms with van der Waals surface area (Å²) in [5, 5.41) is 8.62. The van der Waals surface area contributed by atoms with E-state index in [0.29, 0.717) is 0 Å². The monoisotopic (exact) mass is 307 g/mol. The second-order valence-electron chi connectivity index (χ2n) is 4.40. The second-order valence-corrected chi connectivity index (χ2v) is 6.23. The van der Waals surface area contributed by atoms with Crippen LogP contribution in [-0.4, -0.2) is 36.4 Å². The fourth-order valence-corrected chi connectivity index (χ4v) is 3.46. The summed E-state index contributed by atoms with van der Waals surface area (Å²) in [4.78, 5) is 9.50. The fourth-order valence-electron chi connectivity index (χ4n) is 1.71. The highest BCUT2D eigenvalue weighted by Gasteiger charge is 2.32. The molecule has 5 nitrogen and oxygen atoms in total. The molecule has 0 aromatic heterocycles. The lowest BCUT2D eigenvalue weighted by Crippen LogP contribution is -2.39. The van der Waals surface area contributed by atoms with Crippen LogP contribution in [0.2, 0.25) is 0 Å². The first-order chi connectivity index (χ1) is 9.17. The molecular formula is C12H15F2NO4S. The highest BCUT2D eigenvalue weighted by atomic mass is 32.2. The lowest BCUT2D eigenvalue weighted by atomic mass is 10.3. The molecule has 1 aromatic rings. The summed E-state index contributed by atoms with van der Waals surface area (Å²) in [7, 11) is -4.44. The van der Waals surface area contributed by atoms with Crippen LogP contribution in [0, 0.1) is 11.6 Å². The fraction of sp³-hybridized carbons (Fsp3) is 0.417. The van der Waals surface area contributed by atoms with Gasteiger partial charge in [0.1, 0.15) is 11.6 Å². The molecule has 8 heteroatoms. The number of hydrogen-bond donors (Lipinski definition) is 1. The van der Waals surface area contributed by atoms with Crippen molar-refractivity contribution in [3.05, 3.63) is 29.8 Å². The molecule has 0 radical (unpaired) electrons. The molecule has 20 heavy (non-hydrogen) atoms. The molecule has 1 aromatic carbocycles. The predicted octanol–water partition coefficient (Wildman–Crippen LogP) is 1.84. The Hall–Kier alpha value is -1.54. The Morgan fingerprint density at radius 3 is 2.20 bits per heavy atom. The summed E-state index contributed by atoms with van der Waals surface area (Å²) in [6, 6.07) is 2.11. The summed E-state index contributed by atoms with van der Waals surface area (Å²) >= 11 is 0. The van der Waals surface area contributed by atoms with Crippen LogP contribution >= 0.6 is 0 Å². The zero-order valence-corrected chi connectivity index (χ0v) is 11.8. The van der Waals surface area contributed by atoms with Gasteiger partial charge in [0.15, 0.2) is 4.90 Å². The largest absolute Gasteiger partial charge is 0.481 e. The number of carboxylic acid groups (broad SMARTS) is 1. The molecule has 0 unspecified atom stereocenters. The highest BCUT2D eigenvalue weighted by molar-refractivity contribution is 7.89. The third-order valence-corrected chi connectivity index (χ3v) is 4.74. The lowest BCUT2D eigenvalue weighted by molar-refractivity contribution is -0.137. The van der Waals surface area contributed by atoms with Crippen molar-refractivity contribution in [2.75, 3.05) is 6.54 Å². The number of benzene rings is 1. The van der Waals surface area contributed by atoms with Crippen LogP contribution in [0.5, 0.6) is 0 Å². The molecule has 0 amide bonds. The van der Waals surface area contributed by atoms with Crippen molar-refractivity contribution in [2.24, 2.45) is 0 Å². The summed E-state index contributed by atoms with van der Waals surface area (Å²) in [5.74, 6) is -3.60. The first-order valence-corrected chi connectivity index (χ1v) is 7.29. The maximum atomic E-state index is 13.6. The first kappa shape index (κ1) is 16.5. The Bertz CT molecular complexity index is 581. The van der Waals surface area contributed by atoms with Crippen LogP contribution < -0.4 is 0 Å². The maximum absolute atomic E-state index is 13.6. The van der Waals surface area contributed by atoms with Gasteiger partial charge < -0.3 is 5.11 Å². The van der Waals surface area contributed by atoms with Crippen LogP contribution in [0.4, 0.5) is 8.78 Å². The smallest absolute Gasteiger partial charge is 0.304 e. The van der Waals surface area contributed by atoms with Crippen LogP contribution in [-0.2, 0) is 14.8 Å². The van der Waals surface area contributed by atoms with Crippen molar-refractivity contribution in [3.63, 3.8) is 0 Å². The third kappa shape index (κ3) is 3.51. The molecule has 0 fully saturated rings. The number of hydrogen-bond acceptors (Lipinski definition) is 3. The molecule has 1 N–H and O–H groups in total. The number of sulfonamides is 1. The van der Waals surface area contributed by atoms with Crippen molar-refractivity contribution in [1.29, 1.82) is 0 Å². The van der Waals surface area contributed by atoms with Gasteiger partial charge in [0.2, 0.25) is 10.0 Å². The molecule has 0 heterocycles. The number of nitrogens with zero attached hydrogens (tertiary/aromatic N) is 1. The van der Waals surface area contributed by atoms with Gasteiger partial charge in [-0.3, -0.25) is 4.79 Å². The molecule has 0 aliphatic heterocycles. The minimum absolute atomic E-state index is 0.358. The normalized spacial score (nSPS) is 12.1. The molecule has 0 spiro atoms. The topological polar surface area (TPSA) is 74.7 Å². The minimum Gasteiger partial charge on any atom is -0.481 e. The van der Waals surface area contributed by atoms with E-state index in [1.807, 2.05) is 0 Å². The second kappa shape index (κ2) is 6.27. The van der Waals surface area contributed by atoms with Crippen molar-refractivity contribution in [3.8, 4) is 0 Å². The number of aliphatic carboxylic acids is 1. The Morgan fingerprint density at radius 2 is 1.80 bits per heavy atom. The molecule has 1 rings (SSSR count). The number of halogens is 2. The van der Waals surface area contributed by atoms with Crippen molar-refractivity contribution < 1.29 is 27.1 Å². The average Bonchev–Trinajstić information content (AvgIpc) is 2.26. The predicted molar refractivity (Wildman–Crippen MR) is 67.6 cm³/mol. The molecule has 0 aliphatic rings. The Balaban J connectivity index is 3.27. The van der Waals surface area contributed by atoms with E-state index in [4.69, 9.17) is 5.11 Å². The molecule has 0 saturated heterocycles. The van der Waals surface area contributed by atoms with Crippen LogP contribution in [0.1, 0.15) is 20.3 Å². The van der Waals surface area contributed by atoms with E-state index in [-0.39, 0.29) is 6.54 Å². The standard InChI is InChI=1S/C12H15F2NO4S/c1-8(2)15(7-6-11(16)17)20(18,19)12-9(13)4-3-5-10(12)14/h3-5,8H,6-7H2,1-2H3,(H,16,17). The molecular weight excluding hydrogens is 292 g/mol. The maximum Gasteiger partial charge on any atom is 0.304 e. The number of rotatable bonds is 6. The van der Waals surface area contributed by atoms with E-state index >= 15 is 0 Å². The van der Waals surface area contributed by atoms with Gasteiger partial charge in [-0.2, -0.15) is 4.31 Å². The van der Waals surface area contributed by atoms with Gasteiger partial charge in [0, 0.05) is 12.6 Å². The van der Waals surface area contributed by atoms with Crippen molar-refractivity contribution in [1.82, 2.24) is 4.31 Å². The van der Waals surface area contributed by atoms with Crippen molar-refractivity contribution in [2.45, 2.75) is 31.2 Å². The zero-order valence-electron chi connectivity index (χ0n) is 11.0. The van der Waals surface area contributed by atoms with Gasteiger partial charge in [-0.15, -0.1) is 0 Å². The summed E-state index contributed by atoms with van der Waals surface area (Å²) < 4.78 is 52.5. The molecule has 0 aliphatic carbocycles. The van der Waals surface area contributed by atoms with Crippen LogP contribution in [0.3, 0.4) is 0 Å². The van der Waals surface area contributed by atoms with Gasteiger partial charge in [-0.1, -0.05) is 6.07 Å². The van der Waals surface area contributed by atoms with Gasteiger partial charge in [-0.05, 0) is 26.0 Å². The molecule has 112 valence electrons. The Labute approximate surface area is 115 Å². The number of carboxylic acids is 1. The van der Waals surface area contributed by atoms with E-state index in [1.165, 1.54) is 13.8 Å². The Morgan fingerprint density at radius 1 is 1.30 bits per heavy atom. The van der Waals surface area contributed by atoms with E-state index < -0.39 is 45.0 Å². The van der Waals surface area contributed by atoms with Gasteiger partial charge in [0.05, 0.1) is 6.42 Å². The minimum atomic E-state index is -4.44. The van der Waals surface area contributed by atoms with Gasteiger partial charge in [-0.25, -0.2) is 17.2 Å². The first-order valence-electron chi connectivity index (χ1n) is 5.85. The number of carbonyl (C=O) groups is 1. The quantitative estimate of drug-likeness (QED) is 0.870. The van der Waals surface area contributed by atoms with Crippen LogP contribution in [0.15, 0.2) is 23.1 Å². The van der Waals surface area contributed by atoms with Crippen LogP contribution in [0.25, 0.3) is 0 Å².